The Kier molecular flexibility index (Phi) is 2.95. The summed E-state index contributed by atoms with van der Waals surface area (Å²) < 4.78 is 0. The summed E-state index contributed by atoms with van der Waals surface area (Å²) in [5.41, 5.74) is 3.01. The Balaban J connectivity index is 1.96. The Morgan fingerprint density at radius 3 is 2.55 bits per heavy atom. The van der Waals surface area contributed by atoms with Crippen LogP contribution < -0.4 is 0 Å². The summed E-state index contributed by atoms with van der Waals surface area (Å²) in [6, 6.07) is 8.11. The number of nitrogens with one attached hydrogen (secondary N) is 1. The molecule has 3 rings (SSSR count). The van der Waals surface area contributed by atoms with Crippen LogP contribution in [0.2, 0.25) is 0 Å². The molecule has 0 aliphatic carbocycles. The first kappa shape index (κ1) is 12.3. The van der Waals surface area contributed by atoms with Gasteiger partial charge in [0.15, 0.2) is 0 Å². The van der Waals surface area contributed by atoms with Crippen molar-refractivity contribution >= 4 is 16.8 Å². The van der Waals surface area contributed by atoms with E-state index in [0.717, 1.165) is 22.0 Å². The molecule has 0 fully saturated rings. The number of fused-ring (bicyclic) bond motifs is 1. The van der Waals surface area contributed by atoms with E-state index in [9.17, 15) is 4.79 Å². The van der Waals surface area contributed by atoms with Crippen LogP contribution in [0.25, 0.3) is 22.0 Å². The van der Waals surface area contributed by atoms with Gasteiger partial charge in [-0.3, -0.25) is 4.79 Å². The molecule has 0 radical (unpaired) electrons. The summed E-state index contributed by atoms with van der Waals surface area (Å²) in [6.07, 6.45) is 5.26. The molecule has 2 aromatic heterocycles. The van der Waals surface area contributed by atoms with Crippen molar-refractivity contribution in [2.75, 3.05) is 14.1 Å². The van der Waals surface area contributed by atoms with E-state index in [1.165, 1.54) is 4.90 Å². The van der Waals surface area contributed by atoms with E-state index in [-0.39, 0.29) is 11.7 Å². The standard InChI is InChI=1S/C15H14N4O/c1-19(2)15(20)14-17-8-12(9-18-14)10-3-4-13-11(7-10)5-6-16-13/h3-9,16H,1-2H3. The number of carbonyl (C=O) groups is 1. The van der Waals surface area contributed by atoms with Crippen LogP contribution in [0.1, 0.15) is 10.6 Å². The van der Waals surface area contributed by atoms with Crippen molar-refractivity contribution in [1.82, 2.24) is 19.9 Å². The van der Waals surface area contributed by atoms with Crippen LogP contribution in [0.15, 0.2) is 42.9 Å². The minimum atomic E-state index is -0.197. The van der Waals surface area contributed by atoms with Crippen molar-refractivity contribution in [1.29, 1.82) is 0 Å². The van der Waals surface area contributed by atoms with Gasteiger partial charge < -0.3 is 9.88 Å². The smallest absolute Gasteiger partial charge is 0.291 e. The number of aromatic amines is 1. The van der Waals surface area contributed by atoms with Crippen LogP contribution >= 0.6 is 0 Å². The lowest BCUT2D eigenvalue weighted by molar-refractivity contribution is 0.0816. The summed E-state index contributed by atoms with van der Waals surface area (Å²) in [6.45, 7) is 0. The van der Waals surface area contributed by atoms with Crippen LogP contribution in [0.4, 0.5) is 0 Å². The molecule has 3 aromatic rings. The number of rotatable bonds is 2. The molecule has 0 atom stereocenters. The minimum Gasteiger partial charge on any atom is -0.361 e. The number of benzene rings is 1. The zero-order valence-electron chi connectivity index (χ0n) is 11.3. The van der Waals surface area contributed by atoms with Crippen molar-refractivity contribution in [3.63, 3.8) is 0 Å². The largest absolute Gasteiger partial charge is 0.361 e. The molecule has 5 heteroatoms. The highest BCUT2D eigenvalue weighted by Crippen LogP contribution is 2.22. The molecule has 0 bridgehead atoms. The fourth-order valence-electron chi connectivity index (χ4n) is 2.02. The Morgan fingerprint density at radius 1 is 1.10 bits per heavy atom. The van der Waals surface area contributed by atoms with Crippen LogP contribution in [0.5, 0.6) is 0 Å². The van der Waals surface area contributed by atoms with Crippen molar-refractivity contribution in [3.05, 3.63) is 48.7 Å². The third kappa shape index (κ3) is 2.14. The van der Waals surface area contributed by atoms with E-state index in [2.05, 4.69) is 21.0 Å². The molecule has 20 heavy (non-hydrogen) atoms. The number of hydrogen-bond acceptors (Lipinski definition) is 3. The zero-order chi connectivity index (χ0) is 14.1. The van der Waals surface area contributed by atoms with Crippen LogP contribution in [0, 0.1) is 0 Å². The highest BCUT2D eigenvalue weighted by atomic mass is 16.2. The van der Waals surface area contributed by atoms with Crippen molar-refractivity contribution in [3.8, 4) is 11.1 Å². The van der Waals surface area contributed by atoms with Gasteiger partial charge in [0.1, 0.15) is 0 Å². The first-order chi connectivity index (χ1) is 9.65. The fraction of sp³-hybridized carbons (Fsp3) is 0.133. The molecule has 0 aliphatic rings. The maximum Gasteiger partial charge on any atom is 0.291 e. The average Bonchev–Trinajstić information content (AvgIpc) is 2.94. The molecule has 0 aliphatic heterocycles. The average molecular weight is 266 g/mol. The van der Waals surface area contributed by atoms with Crippen LogP contribution in [-0.4, -0.2) is 39.9 Å². The van der Waals surface area contributed by atoms with E-state index in [1.807, 2.05) is 24.4 Å². The molecule has 1 N–H and O–H groups in total. The molecule has 0 spiro atoms. The first-order valence-corrected chi connectivity index (χ1v) is 6.26. The Morgan fingerprint density at radius 2 is 1.85 bits per heavy atom. The maximum atomic E-state index is 11.7. The van der Waals surface area contributed by atoms with Gasteiger partial charge in [-0.2, -0.15) is 0 Å². The summed E-state index contributed by atoms with van der Waals surface area (Å²) in [4.78, 5) is 24.6. The number of carbonyl (C=O) groups excluding carboxylic acids is 1. The summed E-state index contributed by atoms with van der Waals surface area (Å²) in [5.74, 6) is 0.0131. The van der Waals surface area contributed by atoms with E-state index in [1.54, 1.807) is 26.5 Å². The Labute approximate surface area is 116 Å². The molecular weight excluding hydrogens is 252 g/mol. The summed E-state index contributed by atoms with van der Waals surface area (Å²) in [7, 11) is 3.36. The summed E-state index contributed by atoms with van der Waals surface area (Å²) in [5, 5.41) is 1.14. The number of H-pyrrole nitrogens is 1. The second kappa shape index (κ2) is 4.77. The highest BCUT2D eigenvalue weighted by Gasteiger charge is 2.11. The lowest BCUT2D eigenvalue weighted by atomic mass is 10.1. The molecule has 1 amide bonds. The Hall–Kier alpha value is -2.69. The third-order valence-corrected chi connectivity index (χ3v) is 3.14. The van der Waals surface area contributed by atoms with E-state index in [0.29, 0.717) is 0 Å². The second-order valence-electron chi connectivity index (χ2n) is 4.77. The van der Waals surface area contributed by atoms with Gasteiger partial charge in [-0.25, -0.2) is 9.97 Å². The van der Waals surface area contributed by atoms with Crippen molar-refractivity contribution in [2.45, 2.75) is 0 Å². The number of amides is 1. The zero-order valence-corrected chi connectivity index (χ0v) is 11.3. The highest BCUT2D eigenvalue weighted by molar-refractivity contribution is 5.90. The number of nitrogens with zero attached hydrogens (tertiary/aromatic N) is 3. The molecule has 0 saturated carbocycles. The molecule has 1 aromatic carbocycles. The summed E-state index contributed by atoms with van der Waals surface area (Å²) >= 11 is 0. The van der Waals surface area contributed by atoms with Gasteiger partial charge in [0.05, 0.1) is 0 Å². The Bertz CT molecular complexity index is 759. The molecule has 5 nitrogen and oxygen atoms in total. The minimum absolute atomic E-state index is 0.197. The topological polar surface area (TPSA) is 61.9 Å². The van der Waals surface area contributed by atoms with Gasteiger partial charge in [-0.05, 0) is 29.1 Å². The van der Waals surface area contributed by atoms with Gasteiger partial charge in [0, 0.05) is 43.8 Å². The molecule has 0 saturated heterocycles. The number of hydrogen-bond donors (Lipinski definition) is 1. The monoisotopic (exact) mass is 266 g/mol. The molecular formula is C15H14N4O. The normalized spacial score (nSPS) is 10.7. The van der Waals surface area contributed by atoms with Crippen molar-refractivity contribution in [2.24, 2.45) is 0 Å². The van der Waals surface area contributed by atoms with Crippen LogP contribution in [0.3, 0.4) is 0 Å². The molecule has 100 valence electrons. The molecule has 0 unspecified atom stereocenters. The van der Waals surface area contributed by atoms with E-state index < -0.39 is 0 Å². The van der Waals surface area contributed by atoms with E-state index in [4.69, 9.17) is 0 Å². The quantitative estimate of drug-likeness (QED) is 0.774. The molecule has 2 heterocycles. The SMILES string of the molecule is CN(C)C(=O)c1ncc(-c2ccc3[nH]ccc3c2)cn1. The lowest BCUT2D eigenvalue weighted by Crippen LogP contribution is -2.23. The van der Waals surface area contributed by atoms with Crippen LogP contribution in [-0.2, 0) is 0 Å². The van der Waals surface area contributed by atoms with Gasteiger partial charge >= 0.3 is 0 Å². The maximum absolute atomic E-state index is 11.7. The predicted molar refractivity (Wildman–Crippen MR) is 77.3 cm³/mol. The van der Waals surface area contributed by atoms with Gasteiger partial charge in [0.2, 0.25) is 5.82 Å². The van der Waals surface area contributed by atoms with Crippen molar-refractivity contribution < 1.29 is 4.79 Å². The number of aromatic nitrogens is 3. The fourth-order valence-corrected chi connectivity index (χ4v) is 2.02. The van der Waals surface area contributed by atoms with Gasteiger partial charge in [-0.1, -0.05) is 6.07 Å². The first-order valence-electron chi connectivity index (χ1n) is 6.26. The van der Waals surface area contributed by atoms with Gasteiger partial charge in [0.25, 0.3) is 5.91 Å². The predicted octanol–water partition coefficient (Wildman–Crippen LogP) is 2.33. The lowest BCUT2D eigenvalue weighted by Gasteiger charge is -2.08. The van der Waals surface area contributed by atoms with Gasteiger partial charge in [-0.15, -0.1) is 0 Å². The van der Waals surface area contributed by atoms with E-state index >= 15 is 0 Å². The second-order valence-corrected chi connectivity index (χ2v) is 4.77. The third-order valence-electron chi connectivity index (χ3n) is 3.14.